The van der Waals surface area contributed by atoms with Crippen LogP contribution < -0.4 is 10.2 Å². The molecule has 1 aromatic rings. The van der Waals surface area contributed by atoms with Gasteiger partial charge in [-0.25, -0.2) is 0 Å². The van der Waals surface area contributed by atoms with Gasteiger partial charge in [-0.3, -0.25) is 0 Å². The summed E-state index contributed by atoms with van der Waals surface area (Å²) in [7, 11) is 0. The van der Waals surface area contributed by atoms with Crippen LogP contribution in [0.15, 0.2) is 58.7 Å². The van der Waals surface area contributed by atoms with Gasteiger partial charge in [-0.1, -0.05) is 17.3 Å². The molecule has 2 aliphatic heterocycles. The van der Waals surface area contributed by atoms with Crippen molar-refractivity contribution >= 4 is 23.0 Å². The fourth-order valence-corrected chi connectivity index (χ4v) is 2.70. The second kappa shape index (κ2) is 3.80. The number of nitrogens with one attached hydrogen (secondary N) is 1. The normalized spacial score (nSPS) is 19.4. The number of rotatable bonds is 0. The van der Waals surface area contributed by atoms with E-state index in [2.05, 4.69) is 28.9 Å². The van der Waals surface area contributed by atoms with Crippen molar-refractivity contribution in [1.29, 1.82) is 0 Å². The van der Waals surface area contributed by atoms with E-state index in [-0.39, 0.29) is 0 Å². The zero-order valence-corrected chi connectivity index (χ0v) is 11.4. The van der Waals surface area contributed by atoms with Crippen molar-refractivity contribution in [2.24, 2.45) is 0 Å². The zero-order valence-electron chi connectivity index (χ0n) is 10.6. The largest absolute Gasteiger partial charge is 0.352 e. The number of fused-ring (bicyclic) bond motifs is 3. The van der Waals surface area contributed by atoms with E-state index in [0.29, 0.717) is 0 Å². The summed E-state index contributed by atoms with van der Waals surface area (Å²) < 4.78 is 0. The molecule has 0 aromatic heterocycles. The lowest BCUT2D eigenvalue weighted by molar-refractivity contribution is 1.09. The molecule has 0 unspecified atom stereocenters. The van der Waals surface area contributed by atoms with E-state index >= 15 is 0 Å². The van der Waals surface area contributed by atoms with Crippen LogP contribution in [0.25, 0.3) is 0 Å². The van der Waals surface area contributed by atoms with Crippen molar-refractivity contribution in [2.75, 3.05) is 10.2 Å². The summed E-state index contributed by atoms with van der Waals surface area (Å²) in [6, 6.07) is 5.95. The van der Waals surface area contributed by atoms with E-state index in [1.165, 1.54) is 29.8 Å². The van der Waals surface area contributed by atoms with E-state index in [1.54, 1.807) is 0 Å². The van der Waals surface area contributed by atoms with Crippen LogP contribution >= 0.6 is 11.6 Å². The molecule has 1 saturated carbocycles. The van der Waals surface area contributed by atoms with Crippen LogP contribution in [-0.4, -0.2) is 0 Å². The average Bonchev–Trinajstić information content (AvgIpc) is 3.22. The molecule has 1 N–H and O–H groups in total. The first-order valence-corrected chi connectivity index (χ1v) is 6.83. The van der Waals surface area contributed by atoms with Gasteiger partial charge in [-0.05, 0) is 55.2 Å². The summed E-state index contributed by atoms with van der Waals surface area (Å²) in [6.45, 7) is 2.07. The Morgan fingerprint density at radius 3 is 2.95 bits per heavy atom. The first-order valence-electron chi connectivity index (χ1n) is 6.46. The van der Waals surface area contributed by atoms with Gasteiger partial charge in [0.1, 0.15) is 0 Å². The number of halogens is 1. The molecule has 2 nitrogen and oxygen atoms in total. The molecule has 0 bridgehead atoms. The number of benzene rings is 1. The first-order chi connectivity index (χ1) is 9.22. The first kappa shape index (κ1) is 11.0. The van der Waals surface area contributed by atoms with Gasteiger partial charge in [0, 0.05) is 5.02 Å². The molecule has 1 aromatic carbocycles. The van der Waals surface area contributed by atoms with Crippen LogP contribution in [-0.2, 0) is 0 Å². The van der Waals surface area contributed by atoms with E-state index in [9.17, 15) is 0 Å². The highest BCUT2D eigenvalue weighted by molar-refractivity contribution is 6.31. The van der Waals surface area contributed by atoms with Gasteiger partial charge in [0.2, 0.25) is 0 Å². The Balaban J connectivity index is 1.97. The molecule has 0 atom stereocenters. The van der Waals surface area contributed by atoms with Gasteiger partial charge in [0.25, 0.3) is 0 Å². The Labute approximate surface area is 117 Å². The van der Waals surface area contributed by atoms with Crippen LogP contribution in [0.5, 0.6) is 0 Å². The molecule has 19 heavy (non-hydrogen) atoms. The minimum absolute atomic E-state index is 0.752. The lowest BCUT2D eigenvalue weighted by atomic mass is 10.1. The van der Waals surface area contributed by atoms with Crippen molar-refractivity contribution in [1.82, 2.24) is 0 Å². The Hall–Kier alpha value is -1.89. The second-order valence-electron chi connectivity index (χ2n) is 5.12. The molecule has 2 heterocycles. The van der Waals surface area contributed by atoms with E-state index in [1.807, 2.05) is 24.4 Å². The van der Waals surface area contributed by atoms with Gasteiger partial charge >= 0.3 is 0 Å². The predicted molar refractivity (Wildman–Crippen MR) is 79.2 cm³/mol. The Morgan fingerprint density at radius 2 is 2.16 bits per heavy atom. The Bertz CT molecular complexity index is 712. The van der Waals surface area contributed by atoms with Gasteiger partial charge in [-0.15, -0.1) is 0 Å². The van der Waals surface area contributed by atoms with E-state index < -0.39 is 0 Å². The molecule has 3 aliphatic rings. The fourth-order valence-electron chi connectivity index (χ4n) is 2.53. The molecule has 1 aliphatic carbocycles. The van der Waals surface area contributed by atoms with Crippen molar-refractivity contribution in [2.45, 2.75) is 19.8 Å². The standard InChI is InChI=1S/C16H13ClN2/c1-10-6-7-19-14-9-12(17)4-5-13(14)18-16(11-2-3-11)15(19)8-10/h4-5,7-9,18H,2-3H2,1H3. The molecule has 94 valence electrons. The van der Waals surface area contributed by atoms with Crippen LogP contribution in [0.2, 0.25) is 5.02 Å². The summed E-state index contributed by atoms with van der Waals surface area (Å²) in [4.78, 5) is 2.17. The Morgan fingerprint density at radius 1 is 1.32 bits per heavy atom. The topological polar surface area (TPSA) is 15.3 Å². The quantitative estimate of drug-likeness (QED) is 0.693. The maximum atomic E-state index is 6.12. The highest BCUT2D eigenvalue weighted by atomic mass is 35.5. The lowest BCUT2D eigenvalue weighted by Gasteiger charge is -2.34. The summed E-state index contributed by atoms with van der Waals surface area (Å²) in [6.07, 6.45) is 6.58. The third-order valence-electron chi connectivity index (χ3n) is 3.62. The third-order valence-corrected chi connectivity index (χ3v) is 3.86. The van der Waals surface area contributed by atoms with Crippen molar-refractivity contribution < 1.29 is 0 Å². The van der Waals surface area contributed by atoms with Crippen molar-refractivity contribution in [3.05, 3.63) is 63.8 Å². The highest BCUT2D eigenvalue weighted by Crippen LogP contribution is 2.45. The van der Waals surface area contributed by atoms with Crippen LogP contribution in [0.4, 0.5) is 11.4 Å². The van der Waals surface area contributed by atoms with Gasteiger partial charge in [0.15, 0.2) is 0 Å². The molecule has 4 rings (SSSR count). The second-order valence-corrected chi connectivity index (χ2v) is 5.56. The number of anilines is 2. The maximum Gasteiger partial charge on any atom is 0.0712 e. The van der Waals surface area contributed by atoms with E-state index in [0.717, 1.165) is 22.0 Å². The minimum atomic E-state index is 0.752. The van der Waals surface area contributed by atoms with Crippen LogP contribution in [0.3, 0.4) is 0 Å². The van der Waals surface area contributed by atoms with Crippen molar-refractivity contribution in [3.63, 3.8) is 0 Å². The summed E-state index contributed by atoms with van der Waals surface area (Å²) in [5.74, 6) is 0. The number of hydrogen-bond acceptors (Lipinski definition) is 2. The molecule has 1 fully saturated rings. The maximum absolute atomic E-state index is 6.12. The monoisotopic (exact) mass is 268 g/mol. The lowest BCUT2D eigenvalue weighted by Crippen LogP contribution is -2.27. The number of nitrogens with zero attached hydrogens (tertiary/aromatic N) is 1. The molecule has 0 amide bonds. The van der Waals surface area contributed by atoms with Gasteiger partial charge < -0.3 is 10.2 Å². The Kier molecular flexibility index (Phi) is 2.20. The van der Waals surface area contributed by atoms with Gasteiger partial charge in [-0.2, -0.15) is 0 Å². The van der Waals surface area contributed by atoms with Gasteiger partial charge in [0.05, 0.1) is 29.0 Å². The SMILES string of the molecule is CC1=C=CN2C(=C1)C(=C1CC1)Nc1ccc(Cl)cc12. The predicted octanol–water partition coefficient (Wildman–Crippen LogP) is 4.58. The van der Waals surface area contributed by atoms with E-state index in [4.69, 9.17) is 11.6 Å². The summed E-state index contributed by atoms with van der Waals surface area (Å²) >= 11 is 6.12. The molecule has 0 spiro atoms. The molecule has 0 radical (unpaired) electrons. The van der Waals surface area contributed by atoms with Crippen LogP contribution in [0.1, 0.15) is 19.8 Å². The molecule has 0 saturated heterocycles. The highest BCUT2D eigenvalue weighted by Gasteiger charge is 2.30. The number of allylic oxidation sites excluding steroid dienone is 3. The summed E-state index contributed by atoms with van der Waals surface area (Å²) in [5, 5.41) is 4.31. The molecule has 3 heteroatoms. The molecular weight excluding hydrogens is 256 g/mol. The zero-order chi connectivity index (χ0) is 13.0. The third kappa shape index (κ3) is 1.73. The smallest absolute Gasteiger partial charge is 0.0712 e. The average molecular weight is 269 g/mol. The van der Waals surface area contributed by atoms with Crippen LogP contribution in [0, 0.1) is 0 Å². The fraction of sp³-hybridized carbons (Fsp3) is 0.188. The number of hydrogen-bond donors (Lipinski definition) is 1. The van der Waals surface area contributed by atoms with Crippen molar-refractivity contribution in [3.8, 4) is 0 Å². The molecular formula is C16H13ClN2. The summed E-state index contributed by atoms with van der Waals surface area (Å²) in [5.41, 5.74) is 10.6. The minimum Gasteiger partial charge on any atom is -0.352 e.